The van der Waals surface area contributed by atoms with Gasteiger partial charge in [0.25, 0.3) is 0 Å². The molecular weight excluding hydrogens is 240 g/mol. The summed E-state index contributed by atoms with van der Waals surface area (Å²) in [6, 6.07) is 3.67. The first-order valence-electron chi connectivity index (χ1n) is 6.59. The van der Waals surface area contributed by atoms with E-state index in [1.54, 1.807) is 12.3 Å². The number of nitrogen functional groups attached to an aromatic ring is 1. The number of nitrogens with zero attached hydrogens (tertiary/aromatic N) is 2. The summed E-state index contributed by atoms with van der Waals surface area (Å²) in [5.41, 5.74) is 4.43. The summed E-state index contributed by atoms with van der Waals surface area (Å²) in [6.45, 7) is 7.92. The van der Waals surface area contributed by atoms with Crippen LogP contribution >= 0.6 is 0 Å². The minimum absolute atomic E-state index is 0.165. The van der Waals surface area contributed by atoms with Crippen molar-refractivity contribution in [1.82, 2.24) is 9.88 Å². The summed E-state index contributed by atoms with van der Waals surface area (Å²) < 4.78 is 0. The second kappa shape index (κ2) is 5.17. The molecule has 0 radical (unpaired) electrons. The average molecular weight is 262 g/mol. The van der Waals surface area contributed by atoms with Crippen LogP contribution in [0, 0.1) is 11.3 Å². The fraction of sp³-hybridized carbons (Fsp3) is 0.571. The maximum Gasteiger partial charge on any atom is 0.223 e. The van der Waals surface area contributed by atoms with Crippen molar-refractivity contribution in [2.45, 2.75) is 33.7 Å². The zero-order chi connectivity index (χ0) is 14.0. The molecule has 1 aliphatic rings. The third kappa shape index (κ3) is 3.23. The molecule has 1 saturated heterocycles. The van der Waals surface area contributed by atoms with Gasteiger partial charge in [-0.3, -0.25) is 15.6 Å². The lowest BCUT2D eigenvalue weighted by Gasteiger charge is -2.26. The van der Waals surface area contributed by atoms with E-state index >= 15 is 0 Å². The highest BCUT2D eigenvalue weighted by atomic mass is 16.2. The highest BCUT2D eigenvalue weighted by molar-refractivity contribution is 5.78. The van der Waals surface area contributed by atoms with Gasteiger partial charge in [-0.15, -0.1) is 0 Å². The van der Waals surface area contributed by atoms with Crippen LogP contribution in [0.25, 0.3) is 0 Å². The number of hydrazine groups is 1. The Morgan fingerprint density at radius 2 is 2.26 bits per heavy atom. The molecule has 1 atom stereocenters. The standard InChI is InChI=1S/C14H22N4O/c1-14(2,3)10-6-13(19)18(8-10)9-12-7-11(17-15)4-5-16-12/h4-5,7,10H,6,8-9,15H2,1-3H3,(H,16,17). The summed E-state index contributed by atoms with van der Waals surface area (Å²) >= 11 is 0. The second-order valence-electron chi connectivity index (χ2n) is 6.22. The summed E-state index contributed by atoms with van der Waals surface area (Å²) in [7, 11) is 0. The molecule has 19 heavy (non-hydrogen) atoms. The van der Waals surface area contributed by atoms with Crippen LogP contribution in [0.1, 0.15) is 32.9 Å². The molecule has 104 valence electrons. The number of rotatable bonds is 3. The fourth-order valence-electron chi connectivity index (χ4n) is 2.36. The molecule has 3 N–H and O–H groups in total. The molecule has 1 fully saturated rings. The highest BCUT2D eigenvalue weighted by Gasteiger charge is 2.36. The average Bonchev–Trinajstić information content (AvgIpc) is 2.71. The number of pyridine rings is 1. The van der Waals surface area contributed by atoms with Crippen LogP contribution in [0.3, 0.4) is 0 Å². The normalized spacial score (nSPS) is 19.9. The van der Waals surface area contributed by atoms with E-state index in [-0.39, 0.29) is 11.3 Å². The van der Waals surface area contributed by atoms with Crippen LogP contribution in [0.5, 0.6) is 0 Å². The van der Waals surface area contributed by atoms with Gasteiger partial charge in [0.1, 0.15) is 0 Å². The Morgan fingerprint density at radius 1 is 1.53 bits per heavy atom. The van der Waals surface area contributed by atoms with Crippen LogP contribution in [0.4, 0.5) is 5.69 Å². The zero-order valence-corrected chi connectivity index (χ0v) is 11.8. The summed E-state index contributed by atoms with van der Waals surface area (Å²) in [5.74, 6) is 6.00. The van der Waals surface area contributed by atoms with Gasteiger partial charge in [-0.1, -0.05) is 20.8 Å². The third-order valence-corrected chi connectivity index (χ3v) is 3.78. The van der Waals surface area contributed by atoms with E-state index in [9.17, 15) is 4.79 Å². The van der Waals surface area contributed by atoms with Crippen LogP contribution in [-0.4, -0.2) is 22.3 Å². The molecule has 5 nitrogen and oxygen atoms in total. The topological polar surface area (TPSA) is 71.2 Å². The molecule has 1 unspecified atom stereocenters. The smallest absolute Gasteiger partial charge is 0.223 e. The largest absolute Gasteiger partial charge is 0.336 e. The molecule has 1 aromatic heterocycles. The van der Waals surface area contributed by atoms with E-state index in [4.69, 9.17) is 5.84 Å². The molecule has 1 amide bonds. The van der Waals surface area contributed by atoms with E-state index in [2.05, 4.69) is 31.2 Å². The van der Waals surface area contributed by atoms with E-state index in [0.29, 0.717) is 18.9 Å². The Labute approximate surface area is 114 Å². The van der Waals surface area contributed by atoms with Crippen molar-refractivity contribution < 1.29 is 4.79 Å². The Balaban J connectivity index is 2.05. The molecule has 0 bridgehead atoms. The molecule has 0 aromatic carbocycles. The van der Waals surface area contributed by atoms with Gasteiger partial charge in [-0.05, 0) is 23.5 Å². The van der Waals surface area contributed by atoms with Crippen molar-refractivity contribution in [3.8, 4) is 0 Å². The maximum absolute atomic E-state index is 12.0. The van der Waals surface area contributed by atoms with Gasteiger partial charge < -0.3 is 10.3 Å². The Kier molecular flexibility index (Phi) is 3.75. The maximum atomic E-state index is 12.0. The summed E-state index contributed by atoms with van der Waals surface area (Å²) in [4.78, 5) is 18.2. The van der Waals surface area contributed by atoms with Crippen LogP contribution in [0.2, 0.25) is 0 Å². The van der Waals surface area contributed by atoms with Crippen molar-refractivity contribution >= 4 is 11.6 Å². The van der Waals surface area contributed by atoms with Gasteiger partial charge in [-0.2, -0.15) is 0 Å². The van der Waals surface area contributed by atoms with Crippen molar-refractivity contribution in [1.29, 1.82) is 0 Å². The van der Waals surface area contributed by atoms with Gasteiger partial charge in [0.15, 0.2) is 0 Å². The lowest BCUT2D eigenvalue weighted by atomic mass is 9.80. The van der Waals surface area contributed by atoms with Crippen molar-refractivity contribution in [3.63, 3.8) is 0 Å². The Bertz CT molecular complexity index is 467. The molecule has 1 aromatic rings. The molecule has 2 heterocycles. The lowest BCUT2D eigenvalue weighted by molar-refractivity contribution is -0.128. The van der Waals surface area contributed by atoms with Gasteiger partial charge in [-0.25, -0.2) is 0 Å². The predicted octanol–water partition coefficient (Wildman–Crippen LogP) is 1.76. The number of carbonyl (C=O) groups excluding carboxylic acids is 1. The van der Waals surface area contributed by atoms with Crippen molar-refractivity contribution in [2.75, 3.05) is 12.0 Å². The SMILES string of the molecule is CC(C)(C)C1CC(=O)N(Cc2cc(NN)ccn2)C1. The van der Waals surface area contributed by atoms with Gasteiger partial charge in [0.2, 0.25) is 5.91 Å². The monoisotopic (exact) mass is 262 g/mol. The second-order valence-corrected chi connectivity index (χ2v) is 6.22. The minimum atomic E-state index is 0.165. The van der Waals surface area contributed by atoms with Gasteiger partial charge in [0.05, 0.1) is 17.9 Å². The predicted molar refractivity (Wildman–Crippen MR) is 75.0 cm³/mol. The first-order chi connectivity index (χ1) is 8.90. The summed E-state index contributed by atoms with van der Waals surface area (Å²) in [6.07, 6.45) is 2.34. The number of nitrogens with one attached hydrogen (secondary N) is 1. The number of amides is 1. The number of aromatic nitrogens is 1. The Morgan fingerprint density at radius 3 is 2.84 bits per heavy atom. The lowest BCUT2D eigenvalue weighted by Crippen LogP contribution is -2.27. The van der Waals surface area contributed by atoms with E-state index in [1.165, 1.54) is 0 Å². The minimum Gasteiger partial charge on any atom is -0.336 e. The molecule has 5 heteroatoms. The first-order valence-corrected chi connectivity index (χ1v) is 6.59. The highest BCUT2D eigenvalue weighted by Crippen LogP contribution is 2.34. The summed E-state index contributed by atoms with van der Waals surface area (Å²) in [5, 5.41) is 0. The molecule has 0 saturated carbocycles. The number of nitrogens with two attached hydrogens (primary N) is 1. The molecule has 0 aliphatic carbocycles. The molecule has 1 aliphatic heterocycles. The van der Waals surface area contributed by atoms with Crippen LogP contribution in [0.15, 0.2) is 18.3 Å². The van der Waals surface area contributed by atoms with Crippen LogP contribution in [-0.2, 0) is 11.3 Å². The fourth-order valence-corrected chi connectivity index (χ4v) is 2.36. The van der Waals surface area contributed by atoms with Crippen LogP contribution < -0.4 is 11.3 Å². The van der Waals surface area contributed by atoms with E-state index in [0.717, 1.165) is 17.9 Å². The number of carbonyl (C=O) groups is 1. The Hall–Kier alpha value is -1.62. The number of hydrogen-bond acceptors (Lipinski definition) is 4. The van der Waals surface area contributed by atoms with Gasteiger partial charge in [0, 0.05) is 19.2 Å². The molecule has 2 rings (SSSR count). The quantitative estimate of drug-likeness (QED) is 0.643. The van der Waals surface area contributed by atoms with E-state index in [1.807, 2.05) is 11.0 Å². The van der Waals surface area contributed by atoms with Gasteiger partial charge >= 0.3 is 0 Å². The zero-order valence-electron chi connectivity index (χ0n) is 11.8. The van der Waals surface area contributed by atoms with Crippen molar-refractivity contribution in [2.24, 2.45) is 17.2 Å². The molecular formula is C14H22N4O. The first kappa shape index (κ1) is 13.8. The van der Waals surface area contributed by atoms with Crippen molar-refractivity contribution in [3.05, 3.63) is 24.0 Å². The number of hydrogen-bond donors (Lipinski definition) is 2. The number of likely N-dealkylation sites (tertiary alicyclic amines) is 1. The van der Waals surface area contributed by atoms with E-state index < -0.39 is 0 Å². The number of anilines is 1. The molecule has 0 spiro atoms. The third-order valence-electron chi connectivity index (χ3n) is 3.78.